The lowest BCUT2D eigenvalue weighted by Crippen LogP contribution is -2.16. The number of anilines is 1. The number of rotatable bonds is 5. The molecule has 7 nitrogen and oxygen atoms in total. The van der Waals surface area contributed by atoms with Crippen LogP contribution in [0.5, 0.6) is 5.75 Å². The van der Waals surface area contributed by atoms with Gasteiger partial charge in [-0.1, -0.05) is 23.4 Å². The first-order valence-electron chi connectivity index (χ1n) is 5.76. The van der Waals surface area contributed by atoms with E-state index in [1.54, 1.807) is 18.2 Å². The number of carbonyl (C=O) groups is 1. The van der Waals surface area contributed by atoms with Gasteiger partial charge in [0.2, 0.25) is 5.91 Å². The van der Waals surface area contributed by atoms with Crippen LogP contribution in [-0.4, -0.2) is 34.0 Å². The van der Waals surface area contributed by atoms with Crippen LogP contribution in [0.15, 0.2) is 34.3 Å². The molecule has 1 aromatic heterocycles. The Bertz CT molecular complexity index is 707. The van der Waals surface area contributed by atoms with Crippen molar-refractivity contribution in [3.05, 3.63) is 39.8 Å². The summed E-state index contributed by atoms with van der Waals surface area (Å²) >= 11 is 6.94. The van der Waals surface area contributed by atoms with Crippen molar-refractivity contribution in [1.82, 2.24) is 15.2 Å². The molecule has 1 heterocycles. The predicted octanol–water partition coefficient (Wildman–Crippen LogP) is 1.56. The molecule has 2 N–H and O–H groups in total. The summed E-state index contributed by atoms with van der Waals surface area (Å²) in [6.45, 7) is 0. The van der Waals surface area contributed by atoms with Crippen LogP contribution in [0.2, 0.25) is 5.02 Å². The molecule has 0 aliphatic carbocycles. The quantitative estimate of drug-likeness (QED) is 0.809. The second-order valence-electron chi connectivity index (χ2n) is 3.82. The molecule has 9 heteroatoms. The number of H-pyrrole nitrogens is 1. The zero-order valence-electron chi connectivity index (χ0n) is 10.9. The van der Waals surface area contributed by atoms with E-state index in [9.17, 15) is 9.59 Å². The molecule has 0 unspecified atom stereocenters. The normalized spacial score (nSPS) is 10.2. The lowest BCUT2D eigenvalue weighted by Gasteiger charge is -2.10. The summed E-state index contributed by atoms with van der Waals surface area (Å²) in [6, 6.07) is 4.91. The molecule has 0 atom stereocenters. The third-order valence-electron chi connectivity index (χ3n) is 2.33. The van der Waals surface area contributed by atoms with Gasteiger partial charge in [0.05, 0.1) is 18.6 Å². The lowest BCUT2D eigenvalue weighted by molar-refractivity contribution is -0.113. The summed E-state index contributed by atoms with van der Waals surface area (Å²) < 4.78 is 5.13. The highest BCUT2D eigenvalue weighted by Crippen LogP contribution is 2.27. The highest BCUT2D eigenvalue weighted by Gasteiger charge is 2.09. The van der Waals surface area contributed by atoms with Gasteiger partial charge in [-0.25, -0.2) is 0 Å². The van der Waals surface area contributed by atoms with E-state index in [4.69, 9.17) is 16.3 Å². The average Bonchev–Trinajstić information content (AvgIpc) is 2.45. The van der Waals surface area contributed by atoms with Crippen molar-refractivity contribution >= 4 is 35.0 Å². The molecular weight excluding hydrogens is 316 g/mol. The molecule has 0 spiro atoms. The van der Waals surface area contributed by atoms with Gasteiger partial charge in [-0.3, -0.25) is 14.6 Å². The second-order valence-corrected chi connectivity index (χ2v) is 5.22. The number of thioether (sulfide) groups is 1. The third-order valence-corrected chi connectivity index (χ3v) is 3.43. The predicted molar refractivity (Wildman–Crippen MR) is 80.0 cm³/mol. The van der Waals surface area contributed by atoms with Gasteiger partial charge in [-0.2, -0.15) is 5.10 Å². The number of halogens is 1. The molecular formula is C12H11ClN4O3S. The van der Waals surface area contributed by atoms with E-state index < -0.39 is 0 Å². The number of aromatic amines is 1. The Morgan fingerprint density at radius 1 is 1.52 bits per heavy atom. The fourth-order valence-electron chi connectivity index (χ4n) is 1.46. The molecule has 110 valence electrons. The largest absolute Gasteiger partial charge is 0.495 e. The standard InChI is InChI=1S/C12H11ClN4O3S/c1-20-9-3-2-7(13)4-8(9)15-11(19)6-21-12-16-10(18)5-14-17-12/h2-5H,6H2,1H3,(H,15,19)(H,16,17,18). The van der Waals surface area contributed by atoms with Crippen molar-refractivity contribution in [2.75, 3.05) is 18.2 Å². The zero-order valence-corrected chi connectivity index (χ0v) is 12.5. The smallest absolute Gasteiger partial charge is 0.270 e. The Balaban J connectivity index is 1.99. The van der Waals surface area contributed by atoms with Crippen LogP contribution in [0, 0.1) is 0 Å². The van der Waals surface area contributed by atoms with Crippen LogP contribution >= 0.6 is 23.4 Å². The van der Waals surface area contributed by atoms with Crippen molar-refractivity contribution in [3.63, 3.8) is 0 Å². The number of nitrogens with one attached hydrogen (secondary N) is 2. The molecule has 0 saturated carbocycles. The maximum atomic E-state index is 11.9. The van der Waals surface area contributed by atoms with Crippen LogP contribution in [-0.2, 0) is 4.79 Å². The van der Waals surface area contributed by atoms with Crippen LogP contribution in [0.25, 0.3) is 0 Å². The fourth-order valence-corrected chi connectivity index (χ4v) is 2.25. The summed E-state index contributed by atoms with van der Waals surface area (Å²) in [7, 11) is 1.50. The van der Waals surface area contributed by atoms with E-state index in [2.05, 4.69) is 20.5 Å². The van der Waals surface area contributed by atoms with Crippen molar-refractivity contribution in [3.8, 4) is 5.75 Å². The van der Waals surface area contributed by atoms with Gasteiger partial charge in [0.15, 0.2) is 5.16 Å². The topological polar surface area (TPSA) is 97.0 Å². The molecule has 0 aliphatic heterocycles. The molecule has 0 saturated heterocycles. The lowest BCUT2D eigenvalue weighted by atomic mass is 10.3. The van der Waals surface area contributed by atoms with Crippen LogP contribution in [0.1, 0.15) is 0 Å². The summed E-state index contributed by atoms with van der Waals surface area (Å²) in [4.78, 5) is 25.4. The monoisotopic (exact) mass is 326 g/mol. The summed E-state index contributed by atoms with van der Waals surface area (Å²) in [5, 5.41) is 10.6. The number of methoxy groups -OCH3 is 1. The van der Waals surface area contributed by atoms with Gasteiger partial charge in [-0.05, 0) is 18.2 Å². The first kappa shape index (κ1) is 15.3. The average molecular weight is 327 g/mol. The van der Waals surface area contributed by atoms with E-state index in [1.165, 1.54) is 7.11 Å². The summed E-state index contributed by atoms with van der Waals surface area (Å²) in [5.41, 5.74) is 0.104. The van der Waals surface area contributed by atoms with Crippen molar-refractivity contribution in [2.45, 2.75) is 5.16 Å². The number of amides is 1. The molecule has 1 aromatic carbocycles. The Kier molecular flexibility index (Phi) is 5.18. The molecule has 2 aromatic rings. The first-order chi connectivity index (χ1) is 10.1. The Hall–Kier alpha value is -2.06. The molecule has 2 rings (SSSR count). The maximum absolute atomic E-state index is 11.9. The van der Waals surface area contributed by atoms with E-state index in [-0.39, 0.29) is 22.4 Å². The molecule has 0 fully saturated rings. The minimum atomic E-state index is -0.371. The SMILES string of the molecule is COc1ccc(Cl)cc1NC(=O)CSc1nncc(=O)[nH]1. The maximum Gasteiger partial charge on any atom is 0.270 e. The van der Waals surface area contributed by atoms with Crippen LogP contribution in [0.4, 0.5) is 5.69 Å². The van der Waals surface area contributed by atoms with Gasteiger partial charge in [-0.15, -0.1) is 5.10 Å². The van der Waals surface area contributed by atoms with E-state index in [0.29, 0.717) is 16.5 Å². The number of hydrogen-bond donors (Lipinski definition) is 2. The first-order valence-corrected chi connectivity index (χ1v) is 7.13. The highest BCUT2D eigenvalue weighted by atomic mass is 35.5. The van der Waals surface area contributed by atoms with E-state index >= 15 is 0 Å². The number of nitrogens with zero attached hydrogens (tertiary/aromatic N) is 2. The van der Waals surface area contributed by atoms with Gasteiger partial charge in [0.25, 0.3) is 5.56 Å². The Labute approximate surface area is 129 Å². The number of aromatic nitrogens is 3. The molecule has 0 aliphatic rings. The summed E-state index contributed by atoms with van der Waals surface area (Å²) in [6.07, 6.45) is 1.06. The fraction of sp³-hybridized carbons (Fsp3) is 0.167. The zero-order chi connectivity index (χ0) is 15.2. The highest BCUT2D eigenvalue weighted by molar-refractivity contribution is 7.99. The number of ether oxygens (including phenoxy) is 1. The van der Waals surface area contributed by atoms with Crippen molar-refractivity contribution in [2.24, 2.45) is 0 Å². The Morgan fingerprint density at radius 2 is 2.33 bits per heavy atom. The number of benzene rings is 1. The third kappa shape index (κ3) is 4.47. The molecule has 1 amide bonds. The van der Waals surface area contributed by atoms with Crippen molar-refractivity contribution in [1.29, 1.82) is 0 Å². The Morgan fingerprint density at radius 3 is 3.05 bits per heavy atom. The van der Waals surface area contributed by atoms with Crippen LogP contribution in [0.3, 0.4) is 0 Å². The van der Waals surface area contributed by atoms with Gasteiger partial charge in [0, 0.05) is 5.02 Å². The number of carbonyl (C=O) groups excluding carboxylic acids is 1. The van der Waals surface area contributed by atoms with Crippen molar-refractivity contribution < 1.29 is 9.53 Å². The van der Waals surface area contributed by atoms with Gasteiger partial charge < -0.3 is 10.1 Å². The molecule has 0 radical (unpaired) electrons. The van der Waals surface area contributed by atoms with Gasteiger partial charge in [0.1, 0.15) is 11.9 Å². The second kappa shape index (κ2) is 7.09. The van der Waals surface area contributed by atoms with Crippen LogP contribution < -0.4 is 15.6 Å². The van der Waals surface area contributed by atoms with E-state index in [1.807, 2.05) is 0 Å². The van der Waals surface area contributed by atoms with E-state index in [0.717, 1.165) is 18.0 Å². The van der Waals surface area contributed by atoms with Gasteiger partial charge >= 0.3 is 0 Å². The summed E-state index contributed by atoms with van der Waals surface area (Å²) in [5.74, 6) is 0.280. The molecule has 0 bridgehead atoms. The molecule has 21 heavy (non-hydrogen) atoms. The number of hydrogen-bond acceptors (Lipinski definition) is 6. The minimum Gasteiger partial charge on any atom is -0.495 e. The minimum absolute atomic E-state index is 0.0598.